The molecule has 3 aromatic rings. The molecule has 1 amide bonds. The second-order valence-electron chi connectivity index (χ2n) is 9.69. The number of hydrogen-bond acceptors (Lipinski definition) is 3. The Balaban J connectivity index is 2.36. The number of alkyl halides is 3. The van der Waals surface area contributed by atoms with E-state index < -0.39 is 17.8 Å². The van der Waals surface area contributed by atoms with E-state index in [0.717, 1.165) is 4.57 Å². The Hall–Kier alpha value is -3.03. The summed E-state index contributed by atoms with van der Waals surface area (Å²) in [5.41, 5.74) is 0.660. The Morgan fingerprint density at radius 2 is 1.67 bits per heavy atom. The van der Waals surface area contributed by atoms with Gasteiger partial charge in [-0.05, 0) is 37.3 Å². The zero-order valence-corrected chi connectivity index (χ0v) is 20.1. The first-order valence-corrected chi connectivity index (χ1v) is 10.7. The minimum atomic E-state index is -4.66. The van der Waals surface area contributed by atoms with E-state index in [9.17, 15) is 18.0 Å². The van der Waals surface area contributed by atoms with Crippen LogP contribution < -0.4 is 0 Å². The summed E-state index contributed by atoms with van der Waals surface area (Å²) in [6, 6.07) is 8.83. The third-order valence-corrected chi connectivity index (χ3v) is 5.50. The van der Waals surface area contributed by atoms with E-state index in [1.54, 1.807) is 51.2 Å². The predicted octanol–water partition coefficient (Wildman–Crippen LogP) is 6.25. The lowest BCUT2D eigenvalue weighted by Crippen LogP contribution is -2.36. The number of halogens is 3. The molecule has 5 nitrogen and oxygen atoms in total. The number of carbonyl (C=O) groups is 1. The maximum absolute atomic E-state index is 14.4. The van der Waals surface area contributed by atoms with E-state index >= 15 is 0 Å². The number of nitrogens with zero attached hydrogens (tertiary/aromatic N) is 3. The molecule has 3 rings (SSSR count). The maximum Gasteiger partial charge on any atom is 0.431 e. The van der Waals surface area contributed by atoms with Gasteiger partial charge in [-0.3, -0.25) is 4.79 Å². The minimum absolute atomic E-state index is 0.00942. The summed E-state index contributed by atoms with van der Waals surface area (Å²) < 4.78 is 49.6. The van der Waals surface area contributed by atoms with Crippen LogP contribution in [0.3, 0.4) is 0 Å². The number of benzene rings is 1. The molecule has 2 aromatic heterocycles. The van der Waals surface area contributed by atoms with Crippen LogP contribution in [0.25, 0.3) is 11.1 Å². The lowest BCUT2D eigenvalue weighted by Gasteiger charge is -2.27. The molecule has 0 saturated heterocycles. The molecule has 0 saturated carbocycles. The fourth-order valence-corrected chi connectivity index (χ4v) is 4.37. The van der Waals surface area contributed by atoms with Crippen molar-refractivity contribution in [1.82, 2.24) is 14.6 Å². The zero-order chi connectivity index (χ0) is 24.7. The van der Waals surface area contributed by atoms with E-state index in [-0.39, 0.29) is 28.8 Å². The molecule has 0 unspecified atom stereocenters. The van der Waals surface area contributed by atoms with E-state index in [1.807, 2.05) is 20.8 Å². The monoisotopic (exact) mass is 461 g/mol. The largest absolute Gasteiger partial charge is 0.431 e. The van der Waals surface area contributed by atoms with Gasteiger partial charge in [-0.15, -0.1) is 0 Å². The van der Waals surface area contributed by atoms with Gasteiger partial charge in [0.15, 0.2) is 0 Å². The molecule has 0 fully saturated rings. The van der Waals surface area contributed by atoms with Gasteiger partial charge in [-0.1, -0.05) is 56.3 Å². The molecule has 1 aromatic carbocycles. The molecule has 8 heteroatoms. The van der Waals surface area contributed by atoms with E-state index in [1.165, 1.54) is 11.8 Å². The van der Waals surface area contributed by atoms with Crippen molar-refractivity contribution in [1.29, 1.82) is 0 Å². The Morgan fingerprint density at radius 1 is 1.06 bits per heavy atom. The molecular weight excluding hydrogens is 431 g/mol. The summed E-state index contributed by atoms with van der Waals surface area (Å²) in [4.78, 5) is 15.2. The molecule has 0 bridgehead atoms. The summed E-state index contributed by atoms with van der Waals surface area (Å²) in [6.45, 7) is 10.9. The van der Waals surface area contributed by atoms with E-state index in [4.69, 9.17) is 4.52 Å². The second-order valence-corrected chi connectivity index (χ2v) is 9.69. The van der Waals surface area contributed by atoms with E-state index in [2.05, 4.69) is 5.16 Å². The zero-order valence-electron chi connectivity index (χ0n) is 20.1. The normalized spacial score (nSPS) is 12.3. The third kappa shape index (κ3) is 4.99. The molecule has 0 atom stereocenters. The average molecular weight is 462 g/mol. The van der Waals surface area contributed by atoms with Crippen LogP contribution in [0.5, 0.6) is 0 Å². The Morgan fingerprint density at radius 3 is 2.15 bits per heavy atom. The van der Waals surface area contributed by atoms with Gasteiger partial charge < -0.3 is 14.0 Å². The Kier molecular flexibility index (Phi) is 6.51. The Bertz CT molecular complexity index is 1130. The van der Waals surface area contributed by atoms with Crippen molar-refractivity contribution in [3.8, 4) is 11.1 Å². The molecule has 178 valence electrons. The van der Waals surface area contributed by atoms with Gasteiger partial charge in [0.2, 0.25) is 0 Å². The van der Waals surface area contributed by atoms with Gasteiger partial charge >= 0.3 is 6.18 Å². The van der Waals surface area contributed by atoms with Gasteiger partial charge in [0.05, 0.1) is 5.69 Å². The highest BCUT2D eigenvalue weighted by Gasteiger charge is 2.42. The summed E-state index contributed by atoms with van der Waals surface area (Å²) in [7, 11) is 1.62. The topological polar surface area (TPSA) is 51.3 Å². The summed E-state index contributed by atoms with van der Waals surface area (Å²) in [6.07, 6.45) is -4.66. The van der Waals surface area contributed by atoms with Crippen LogP contribution in [0.4, 0.5) is 13.2 Å². The standard InChI is InChI=1S/C25H30F3N3O2/c1-15-19(20-16(2)29-33-17(20)3)21(23(32)30(7)14-24(4,5)6)31(22(15)25(26,27)28)13-18-11-9-8-10-12-18/h8-12H,13-14H2,1-7H3. The van der Waals surface area contributed by atoms with Crippen LogP contribution >= 0.6 is 0 Å². The quantitative estimate of drug-likeness (QED) is 0.451. The summed E-state index contributed by atoms with van der Waals surface area (Å²) >= 11 is 0. The highest BCUT2D eigenvalue weighted by molar-refractivity contribution is 6.01. The number of carbonyl (C=O) groups excluding carboxylic acids is 1. The number of aromatic nitrogens is 2. The predicted molar refractivity (Wildman–Crippen MR) is 121 cm³/mol. The molecule has 2 heterocycles. The lowest BCUT2D eigenvalue weighted by atomic mass is 9.95. The molecule has 0 radical (unpaired) electrons. The molecule has 0 aliphatic carbocycles. The summed E-state index contributed by atoms with van der Waals surface area (Å²) in [5, 5.41) is 3.93. The molecule has 0 aliphatic rings. The molecule has 33 heavy (non-hydrogen) atoms. The fraction of sp³-hybridized carbons (Fsp3) is 0.440. The minimum Gasteiger partial charge on any atom is -0.361 e. The van der Waals surface area contributed by atoms with Crippen LogP contribution in [0.15, 0.2) is 34.9 Å². The van der Waals surface area contributed by atoms with Crippen LogP contribution in [-0.4, -0.2) is 34.1 Å². The lowest BCUT2D eigenvalue weighted by molar-refractivity contribution is -0.143. The molecule has 0 spiro atoms. The van der Waals surface area contributed by atoms with Crippen LogP contribution in [-0.2, 0) is 12.7 Å². The maximum atomic E-state index is 14.4. The van der Waals surface area contributed by atoms with Gasteiger partial charge in [0, 0.05) is 31.3 Å². The third-order valence-electron chi connectivity index (χ3n) is 5.50. The highest BCUT2D eigenvalue weighted by atomic mass is 19.4. The van der Waals surface area contributed by atoms with Crippen molar-refractivity contribution in [2.75, 3.05) is 13.6 Å². The number of hydrogen-bond donors (Lipinski definition) is 0. The van der Waals surface area contributed by atoms with Crippen molar-refractivity contribution in [3.63, 3.8) is 0 Å². The van der Waals surface area contributed by atoms with Crippen LogP contribution in [0, 0.1) is 26.2 Å². The number of amides is 1. The van der Waals surface area contributed by atoms with Gasteiger partial charge in [-0.25, -0.2) is 0 Å². The smallest absolute Gasteiger partial charge is 0.361 e. The van der Waals surface area contributed by atoms with Crippen molar-refractivity contribution in [2.24, 2.45) is 5.41 Å². The number of aryl methyl sites for hydroxylation is 2. The van der Waals surface area contributed by atoms with Crippen molar-refractivity contribution in [2.45, 2.75) is 54.3 Å². The van der Waals surface area contributed by atoms with Crippen molar-refractivity contribution in [3.05, 3.63) is 64.3 Å². The molecule has 0 N–H and O–H groups in total. The second kappa shape index (κ2) is 8.72. The van der Waals surface area contributed by atoms with Gasteiger partial charge in [0.25, 0.3) is 5.91 Å². The molecular formula is C25H30F3N3O2. The summed E-state index contributed by atoms with van der Waals surface area (Å²) in [5.74, 6) is -0.108. The van der Waals surface area contributed by atoms with E-state index in [0.29, 0.717) is 29.1 Å². The van der Waals surface area contributed by atoms with Gasteiger partial charge in [0.1, 0.15) is 17.1 Å². The van der Waals surface area contributed by atoms with Crippen molar-refractivity contribution >= 4 is 5.91 Å². The first-order chi connectivity index (χ1) is 15.2. The first kappa shape index (κ1) is 24.6. The van der Waals surface area contributed by atoms with Crippen molar-refractivity contribution < 1.29 is 22.5 Å². The van der Waals surface area contributed by atoms with Crippen LogP contribution in [0.1, 0.15) is 59.5 Å². The first-order valence-electron chi connectivity index (χ1n) is 10.7. The van der Waals surface area contributed by atoms with Crippen LogP contribution in [0.2, 0.25) is 0 Å². The van der Waals surface area contributed by atoms with Gasteiger partial charge in [-0.2, -0.15) is 13.2 Å². The fourth-order valence-electron chi connectivity index (χ4n) is 4.37. The highest BCUT2D eigenvalue weighted by Crippen LogP contribution is 2.43. The number of rotatable bonds is 5. The molecule has 0 aliphatic heterocycles. The average Bonchev–Trinajstić information content (AvgIpc) is 3.15. The SMILES string of the molecule is Cc1noc(C)c1-c1c(C)c(C(F)(F)F)n(Cc2ccccc2)c1C(=O)N(C)CC(C)(C)C. The Labute approximate surface area is 192 Å².